The Morgan fingerprint density at radius 3 is 2.70 bits per heavy atom. The number of carbonyl (C=O) groups excluding carboxylic acids is 1. The van der Waals surface area contributed by atoms with Crippen molar-refractivity contribution in [3.8, 4) is 0 Å². The second-order valence-electron chi connectivity index (χ2n) is 4.68. The Labute approximate surface area is 151 Å². The van der Waals surface area contributed by atoms with Gasteiger partial charge in [-0.1, -0.05) is 27.5 Å². The number of amides is 1. The molecule has 5 nitrogen and oxygen atoms in total. The van der Waals surface area contributed by atoms with Gasteiger partial charge in [0.05, 0.1) is 5.69 Å². The van der Waals surface area contributed by atoms with E-state index in [0.29, 0.717) is 10.6 Å². The second kappa shape index (κ2) is 6.66. The molecule has 116 valence electrons. The van der Waals surface area contributed by atoms with Crippen molar-refractivity contribution in [1.29, 1.82) is 0 Å². The van der Waals surface area contributed by atoms with Crippen molar-refractivity contribution in [3.63, 3.8) is 0 Å². The lowest BCUT2D eigenvalue weighted by molar-refractivity contribution is -0.110. The summed E-state index contributed by atoms with van der Waals surface area (Å²) >= 11 is 14.4. The highest BCUT2D eigenvalue weighted by Crippen LogP contribution is 2.26. The first-order chi connectivity index (χ1) is 11.0. The van der Waals surface area contributed by atoms with E-state index in [1.165, 1.54) is 0 Å². The number of benzene rings is 2. The fourth-order valence-electron chi connectivity index (χ4n) is 2.04. The lowest BCUT2D eigenvalue weighted by atomic mass is 10.1. The van der Waals surface area contributed by atoms with Gasteiger partial charge >= 0.3 is 0 Å². The molecule has 8 heteroatoms. The minimum Gasteiger partial charge on any atom is -0.331 e. The van der Waals surface area contributed by atoms with E-state index in [1.54, 1.807) is 24.3 Å². The molecule has 3 N–H and O–H groups in total. The molecular weight excluding hydrogens is 400 g/mol. The predicted molar refractivity (Wildman–Crippen MR) is 100 cm³/mol. The van der Waals surface area contributed by atoms with E-state index >= 15 is 0 Å². The average Bonchev–Trinajstić information content (AvgIpc) is 2.82. The highest BCUT2D eigenvalue weighted by atomic mass is 79.9. The van der Waals surface area contributed by atoms with Gasteiger partial charge in [-0.05, 0) is 54.7 Å². The van der Waals surface area contributed by atoms with Gasteiger partial charge in [-0.3, -0.25) is 10.2 Å². The minimum absolute atomic E-state index is 0.274. The van der Waals surface area contributed by atoms with Crippen molar-refractivity contribution in [2.24, 2.45) is 5.10 Å². The molecule has 2 aromatic rings. The Balaban J connectivity index is 1.73. The molecule has 1 aliphatic rings. The van der Waals surface area contributed by atoms with E-state index in [1.807, 2.05) is 18.2 Å². The number of hydrazone groups is 1. The third-order valence-electron chi connectivity index (χ3n) is 3.07. The van der Waals surface area contributed by atoms with Gasteiger partial charge in [-0.15, -0.1) is 0 Å². The number of fused-ring (bicyclic) bond motifs is 1. The number of nitrogens with zero attached hydrogens (tertiary/aromatic N) is 1. The summed E-state index contributed by atoms with van der Waals surface area (Å²) in [6.45, 7) is 0. The van der Waals surface area contributed by atoms with Crippen LogP contribution in [0.5, 0.6) is 0 Å². The van der Waals surface area contributed by atoms with Crippen molar-refractivity contribution >= 4 is 67.9 Å². The smallest absolute Gasteiger partial charge is 0.276 e. The average molecular weight is 410 g/mol. The SMILES string of the molecule is O=C1Nc2ccc(Br)cc2/C1=N/NC(=S)Nc1ccc(Cl)cc1. The van der Waals surface area contributed by atoms with Crippen LogP contribution in [0.4, 0.5) is 11.4 Å². The maximum Gasteiger partial charge on any atom is 0.276 e. The number of anilines is 2. The largest absolute Gasteiger partial charge is 0.331 e. The topological polar surface area (TPSA) is 65.5 Å². The fraction of sp³-hybridized carbons (Fsp3) is 0. The third kappa shape index (κ3) is 3.69. The number of hydrogen-bond donors (Lipinski definition) is 3. The van der Waals surface area contributed by atoms with E-state index < -0.39 is 0 Å². The Bertz CT molecular complexity index is 823. The van der Waals surface area contributed by atoms with Crippen LogP contribution in [0.1, 0.15) is 5.56 Å². The molecule has 0 unspecified atom stereocenters. The summed E-state index contributed by atoms with van der Waals surface area (Å²) < 4.78 is 0.863. The quantitative estimate of drug-likeness (QED) is 0.522. The Hall–Kier alpha value is -1.96. The van der Waals surface area contributed by atoms with Crippen molar-refractivity contribution < 1.29 is 4.79 Å². The van der Waals surface area contributed by atoms with Crippen LogP contribution in [0.25, 0.3) is 0 Å². The van der Waals surface area contributed by atoms with Crippen LogP contribution in [0.15, 0.2) is 52.0 Å². The van der Waals surface area contributed by atoms with Crippen LogP contribution in [-0.2, 0) is 4.79 Å². The maximum atomic E-state index is 12.0. The van der Waals surface area contributed by atoms with Gasteiger partial charge in [0.2, 0.25) is 0 Å². The normalized spacial score (nSPS) is 14.3. The van der Waals surface area contributed by atoms with Crippen molar-refractivity contribution in [2.75, 3.05) is 10.6 Å². The van der Waals surface area contributed by atoms with Gasteiger partial charge in [0.1, 0.15) is 0 Å². The maximum absolute atomic E-state index is 12.0. The van der Waals surface area contributed by atoms with E-state index in [-0.39, 0.29) is 16.7 Å². The molecule has 3 rings (SSSR count). The molecule has 0 aromatic heterocycles. The van der Waals surface area contributed by atoms with Crippen LogP contribution < -0.4 is 16.1 Å². The molecule has 0 fully saturated rings. The molecule has 2 aromatic carbocycles. The molecule has 0 atom stereocenters. The first kappa shape index (κ1) is 15.9. The number of carbonyl (C=O) groups is 1. The summed E-state index contributed by atoms with van der Waals surface area (Å²) in [7, 11) is 0. The summed E-state index contributed by atoms with van der Waals surface area (Å²) in [5.41, 5.74) is 5.16. The number of nitrogens with one attached hydrogen (secondary N) is 3. The molecule has 0 bridgehead atoms. The standard InChI is InChI=1S/C15H10BrClN4OS/c16-8-1-6-12-11(7-8)13(14(22)19-12)20-21-15(23)18-10-4-2-9(17)3-5-10/h1-7H,(H2,18,21,23)(H,19,20,22). The summed E-state index contributed by atoms with van der Waals surface area (Å²) in [5.74, 6) is -0.278. The van der Waals surface area contributed by atoms with E-state index in [2.05, 4.69) is 37.1 Å². The molecule has 0 saturated carbocycles. The molecule has 0 radical (unpaired) electrons. The van der Waals surface area contributed by atoms with Crippen LogP contribution >= 0.6 is 39.7 Å². The summed E-state index contributed by atoms with van der Waals surface area (Å²) in [6, 6.07) is 12.6. The molecule has 1 aliphatic heterocycles. The molecule has 0 saturated heterocycles. The summed E-state index contributed by atoms with van der Waals surface area (Å²) in [6.07, 6.45) is 0. The van der Waals surface area contributed by atoms with Crippen molar-refractivity contribution in [2.45, 2.75) is 0 Å². The van der Waals surface area contributed by atoms with E-state index in [0.717, 1.165) is 15.8 Å². The lowest BCUT2D eigenvalue weighted by Crippen LogP contribution is -2.27. The number of halogens is 2. The van der Waals surface area contributed by atoms with Crippen molar-refractivity contribution in [3.05, 3.63) is 57.5 Å². The Kier molecular flexibility index (Phi) is 4.61. The third-order valence-corrected chi connectivity index (χ3v) is 4.01. The van der Waals surface area contributed by atoms with Gasteiger partial charge in [0.15, 0.2) is 10.8 Å². The zero-order chi connectivity index (χ0) is 16.4. The predicted octanol–water partition coefficient (Wildman–Crippen LogP) is 3.75. The minimum atomic E-state index is -0.278. The zero-order valence-corrected chi connectivity index (χ0v) is 14.7. The van der Waals surface area contributed by atoms with Crippen LogP contribution in [-0.4, -0.2) is 16.7 Å². The van der Waals surface area contributed by atoms with Gasteiger partial charge in [0.25, 0.3) is 5.91 Å². The van der Waals surface area contributed by atoms with Crippen LogP contribution in [0, 0.1) is 0 Å². The second-order valence-corrected chi connectivity index (χ2v) is 6.44. The number of hydrogen-bond acceptors (Lipinski definition) is 3. The summed E-state index contributed by atoms with van der Waals surface area (Å²) in [5, 5.41) is 10.7. The van der Waals surface area contributed by atoms with Gasteiger partial charge in [-0.2, -0.15) is 5.10 Å². The Morgan fingerprint density at radius 2 is 1.96 bits per heavy atom. The van der Waals surface area contributed by atoms with E-state index in [9.17, 15) is 4.79 Å². The van der Waals surface area contributed by atoms with Gasteiger partial charge in [0, 0.05) is 20.7 Å². The highest BCUT2D eigenvalue weighted by Gasteiger charge is 2.26. The van der Waals surface area contributed by atoms with Crippen LogP contribution in [0.3, 0.4) is 0 Å². The fourth-order valence-corrected chi connectivity index (χ4v) is 2.69. The molecule has 0 spiro atoms. The van der Waals surface area contributed by atoms with Crippen LogP contribution in [0.2, 0.25) is 5.02 Å². The van der Waals surface area contributed by atoms with Gasteiger partial charge < -0.3 is 10.6 Å². The lowest BCUT2D eigenvalue weighted by Gasteiger charge is -2.07. The molecule has 1 amide bonds. The molecule has 0 aliphatic carbocycles. The first-order valence-corrected chi connectivity index (χ1v) is 8.12. The Morgan fingerprint density at radius 1 is 1.22 bits per heavy atom. The molecular formula is C15H10BrClN4OS. The summed E-state index contributed by atoms with van der Waals surface area (Å²) in [4.78, 5) is 12.0. The molecule has 1 heterocycles. The highest BCUT2D eigenvalue weighted by molar-refractivity contribution is 9.10. The number of thiocarbonyl (C=S) groups is 1. The first-order valence-electron chi connectivity index (χ1n) is 6.54. The van der Waals surface area contributed by atoms with Crippen molar-refractivity contribution in [1.82, 2.24) is 5.43 Å². The number of rotatable bonds is 2. The monoisotopic (exact) mass is 408 g/mol. The van der Waals surface area contributed by atoms with Gasteiger partial charge in [-0.25, -0.2) is 0 Å². The zero-order valence-electron chi connectivity index (χ0n) is 11.6. The molecule has 23 heavy (non-hydrogen) atoms. The van der Waals surface area contributed by atoms with E-state index in [4.69, 9.17) is 23.8 Å².